The highest BCUT2D eigenvalue weighted by atomic mass is 32.2. The number of fused-ring (bicyclic) bond motifs is 1. The van der Waals surface area contributed by atoms with Crippen LogP contribution in [-0.4, -0.2) is 65.8 Å². The zero-order chi connectivity index (χ0) is 32.9. The van der Waals surface area contributed by atoms with Crippen molar-refractivity contribution in [1.82, 2.24) is 14.8 Å². The first-order chi connectivity index (χ1) is 22.1. The number of carboxylic acid groups (broad SMARTS) is 1. The van der Waals surface area contributed by atoms with Crippen LogP contribution in [0.1, 0.15) is 73.7 Å². The van der Waals surface area contributed by atoms with E-state index in [0.29, 0.717) is 12.1 Å². The smallest absolute Gasteiger partial charge is 0.335 e. The summed E-state index contributed by atoms with van der Waals surface area (Å²) in [6, 6.07) is 26.0. The number of carbonyl (C=O) groups is 1. The zero-order valence-corrected chi connectivity index (χ0v) is 27.6. The lowest BCUT2D eigenvalue weighted by Gasteiger charge is -2.29. The molecule has 2 heterocycles. The molecule has 246 valence electrons. The Kier molecular flexibility index (Phi) is 13.1. The second-order valence-electron chi connectivity index (χ2n) is 12.5. The number of β-amino-alcohol motifs (C(OH)–C–C–N with tert-alkyl or cyclic N) is 1. The number of hydrogen-bond acceptors (Lipinski definition) is 7. The molecule has 46 heavy (non-hydrogen) atoms. The van der Waals surface area contributed by atoms with E-state index in [1.807, 2.05) is 42.5 Å². The standard InChI is InChI=1S/C30H40N4O5S.C6H6/c1-30(2,31-21-28(35)22-8-7-9-25(19-22)32-40(38)39)13-17-34-26(12-16-33-14-5-3-4-6-15-33)20-24-18-23(29(36)37)10-11-27(24)34;1-2-4-6-5-3-1/h7-11,18-20,28,31,35H,3-6,12-17,21H2,1-2H3,(H,36,37);1-6H. The van der Waals surface area contributed by atoms with E-state index < -0.39 is 22.6 Å². The maximum absolute atomic E-state index is 11.6. The summed E-state index contributed by atoms with van der Waals surface area (Å²) in [7, 11) is -2.55. The third-order valence-corrected chi connectivity index (χ3v) is 8.81. The van der Waals surface area contributed by atoms with Gasteiger partial charge in [-0.1, -0.05) is 61.4 Å². The summed E-state index contributed by atoms with van der Waals surface area (Å²) in [5, 5.41) is 24.6. The van der Waals surface area contributed by atoms with E-state index in [9.17, 15) is 23.4 Å². The second-order valence-corrected chi connectivity index (χ2v) is 13.1. The van der Waals surface area contributed by atoms with Crippen LogP contribution < -0.4 is 5.32 Å². The average Bonchev–Trinajstić information content (AvgIpc) is 3.18. The topological polar surface area (TPSA) is 124 Å². The molecule has 0 radical (unpaired) electrons. The van der Waals surface area contributed by atoms with Gasteiger partial charge in [0, 0.05) is 48.2 Å². The fraction of sp³-hybridized carbons (Fsp3) is 0.417. The minimum Gasteiger partial charge on any atom is -0.478 e. The Morgan fingerprint density at radius 2 is 1.59 bits per heavy atom. The first kappa shape index (κ1) is 35.0. The van der Waals surface area contributed by atoms with Gasteiger partial charge >= 0.3 is 16.5 Å². The molecule has 0 saturated carbocycles. The number of carboxylic acids is 1. The molecule has 10 heteroatoms. The van der Waals surface area contributed by atoms with E-state index in [2.05, 4.69) is 39.1 Å². The Balaban J connectivity index is 0.000000717. The van der Waals surface area contributed by atoms with E-state index in [0.717, 1.165) is 49.9 Å². The number of rotatable bonds is 12. The van der Waals surface area contributed by atoms with Crippen LogP contribution in [0, 0.1) is 0 Å². The largest absolute Gasteiger partial charge is 0.478 e. The van der Waals surface area contributed by atoms with Crippen LogP contribution in [0.4, 0.5) is 5.69 Å². The molecule has 1 unspecified atom stereocenters. The van der Waals surface area contributed by atoms with Gasteiger partial charge in [0.15, 0.2) is 0 Å². The summed E-state index contributed by atoms with van der Waals surface area (Å²) in [4.78, 5) is 14.1. The van der Waals surface area contributed by atoms with Crippen molar-refractivity contribution in [3.05, 3.63) is 102 Å². The van der Waals surface area contributed by atoms with E-state index in [1.165, 1.54) is 31.4 Å². The summed E-state index contributed by atoms with van der Waals surface area (Å²) in [5.41, 5.74) is 3.09. The Morgan fingerprint density at radius 1 is 0.913 bits per heavy atom. The third-order valence-electron chi connectivity index (χ3n) is 8.45. The SMILES string of the molecule is CC(C)(CCn1c(CCN2CCCCCC2)cc2cc(C(=O)O)ccc21)NCC(O)c1cccc(N=S(=O)=O)c1.c1ccccc1. The molecular weight excluding hydrogens is 600 g/mol. The molecule has 0 bridgehead atoms. The predicted molar refractivity (Wildman–Crippen MR) is 183 cm³/mol. The van der Waals surface area contributed by atoms with Crippen molar-refractivity contribution < 1.29 is 23.4 Å². The quantitative estimate of drug-likeness (QED) is 0.158. The maximum Gasteiger partial charge on any atom is 0.335 e. The minimum atomic E-state index is -2.55. The van der Waals surface area contributed by atoms with Gasteiger partial charge in [-0.15, -0.1) is 4.36 Å². The number of aryl methyl sites for hydroxylation is 1. The summed E-state index contributed by atoms with van der Waals surface area (Å²) >= 11 is 0. The molecule has 1 aromatic heterocycles. The van der Waals surface area contributed by atoms with Crippen molar-refractivity contribution >= 4 is 33.1 Å². The van der Waals surface area contributed by atoms with Crippen LogP contribution in [0.5, 0.6) is 0 Å². The summed E-state index contributed by atoms with van der Waals surface area (Å²) in [6.07, 6.45) is 5.95. The predicted octanol–water partition coefficient (Wildman–Crippen LogP) is 6.63. The molecule has 1 aliphatic heterocycles. The molecule has 1 atom stereocenters. The van der Waals surface area contributed by atoms with E-state index in [1.54, 1.807) is 36.4 Å². The normalized spacial score (nSPS) is 14.6. The molecule has 3 aromatic carbocycles. The maximum atomic E-state index is 11.6. The van der Waals surface area contributed by atoms with Crippen molar-refractivity contribution in [2.24, 2.45) is 4.36 Å². The molecule has 5 rings (SSSR count). The third kappa shape index (κ3) is 10.9. The number of aliphatic hydroxyl groups excluding tert-OH is 1. The molecule has 3 N–H and O–H groups in total. The highest BCUT2D eigenvalue weighted by Crippen LogP contribution is 2.25. The average molecular weight is 647 g/mol. The van der Waals surface area contributed by atoms with Crippen molar-refractivity contribution in [2.75, 3.05) is 26.2 Å². The van der Waals surface area contributed by atoms with Crippen LogP contribution in [0.3, 0.4) is 0 Å². The lowest BCUT2D eigenvalue weighted by molar-refractivity contribution is 0.0697. The second kappa shape index (κ2) is 17.2. The highest BCUT2D eigenvalue weighted by Gasteiger charge is 2.21. The van der Waals surface area contributed by atoms with Gasteiger partial charge in [-0.05, 0) is 88.2 Å². The lowest BCUT2D eigenvalue weighted by Crippen LogP contribution is -2.42. The van der Waals surface area contributed by atoms with E-state index in [4.69, 9.17) is 0 Å². The van der Waals surface area contributed by atoms with Gasteiger partial charge in [0.05, 0.1) is 17.4 Å². The Hall–Kier alpha value is -3.83. The molecule has 1 saturated heterocycles. The Bertz CT molecular complexity index is 1660. The first-order valence-corrected chi connectivity index (χ1v) is 17.1. The number of likely N-dealkylation sites (tertiary alicyclic amines) is 1. The monoisotopic (exact) mass is 646 g/mol. The van der Waals surface area contributed by atoms with E-state index >= 15 is 0 Å². The van der Waals surface area contributed by atoms with E-state index in [-0.39, 0.29) is 16.8 Å². The summed E-state index contributed by atoms with van der Waals surface area (Å²) in [6.45, 7) is 8.48. The van der Waals surface area contributed by atoms with Gasteiger partial charge in [-0.2, -0.15) is 8.42 Å². The molecule has 1 fully saturated rings. The number of aliphatic hydroxyl groups is 1. The molecule has 0 amide bonds. The summed E-state index contributed by atoms with van der Waals surface area (Å²) < 4.78 is 27.6. The molecule has 1 aliphatic rings. The highest BCUT2D eigenvalue weighted by molar-refractivity contribution is 7.61. The Labute approximate surface area is 273 Å². The van der Waals surface area contributed by atoms with Gasteiger partial charge < -0.3 is 25.0 Å². The van der Waals surface area contributed by atoms with Crippen LogP contribution in [0.25, 0.3) is 10.9 Å². The molecular formula is C36H46N4O5S. The van der Waals surface area contributed by atoms with Crippen LogP contribution in [0.2, 0.25) is 0 Å². The summed E-state index contributed by atoms with van der Waals surface area (Å²) in [5.74, 6) is -0.926. The number of nitrogens with one attached hydrogen (secondary N) is 1. The number of aromatic carboxylic acids is 1. The van der Waals surface area contributed by atoms with Gasteiger partial charge in [0.1, 0.15) is 0 Å². The van der Waals surface area contributed by atoms with Crippen molar-refractivity contribution in [2.45, 2.75) is 70.6 Å². The number of benzene rings is 3. The fourth-order valence-corrected chi connectivity index (χ4v) is 6.08. The first-order valence-electron chi connectivity index (χ1n) is 16.0. The van der Waals surface area contributed by atoms with Gasteiger partial charge in [-0.3, -0.25) is 0 Å². The number of hydrogen-bond donors (Lipinski definition) is 3. The number of aromatic nitrogens is 1. The molecule has 4 aromatic rings. The van der Waals surface area contributed by atoms with Crippen LogP contribution in [-0.2, 0) is 23.5 Å². The number of nitrogens with zero attached hydrogens (tertiary/aromatic N) is 3. The molecule has 0 aliphatic carbocycles. The fourth-order valence-electron chi connectivity index (χ4n) is 5.80. The molecule has 0 spiro atoms. The van der Waals surface area contributed by atoms with Crippen LogP contribution in [0.15, 0.2) is 89.3 Å². The zero-order valence-electron chi connectivity index (χ0n) is 26.8. The van der Waals surface area contributed by atoms with Crippen molar-refractivity contribution in [1.29, 1.82) is 0 Å². The molecule has 9 nitrogen and oxygen atoms in total. The Morgan fingerprint density at radius 3 is 2.22 bits per heavy atom. The van der Waals surface area contributed by atoms with Crippen molar-refractivity contribution in [3.8, 4) is 0 Å². The minimum absolute atomic E-state index is 0.280. The van der Waals surface area contributed by atoms with Gasteiger partial charge in [-0.25, -0.2) is 4.79 Å². The lowest BCUT2D eigenvalue weighted by atomic mass is 9.99. The van der Waals surface area contributed by atoms with Crippen molar-refractivity contribution in [3.63, 3.8) is 0 Å². The van der Waals surface area contributed by atoms with Crippen LogP contribution >= 0.6 is 0 Å². The van der Waals surface area contributed by atoms with Gasteiger partial charge in [0.25, 0.3) is 0 Å². The van der Waals surface area contributed by atoms with Gasteiger partial charge in [0.2, 0.25) is 0 Å².